The van der Waals surface area contributed by atoms with Crippen LogP contribution in [0.4, 0.5) is 5.69 Å². The fourth-order valence-corrected chi connectivity index (χ4v) is 2.37. The molecule has 4 nitrogen and oxygen atoms in total. The third kappa shape index (κ3) is 3.49. The molecule has 2 aromatic carbocycles. The molecule has 0 aliphatic rings. The van der Waals surface area contributed by atoms with Crippen molar-refractivity contribution in [3.8, 4) is 0 Å². The summed E-state index contributed by atoms with van der Waals surface area (Å²) in [6.45, 7) is 2.04. The number of rotatable bonds is 4. The van der Waals surface area contributed by atoms with Gasteiger partial charge in [0.1, 0.15) is 0 Å². The fraction of sp³-hybridized carbons (Fsp3) is 0.125. The van der Waals surface area contributed by atoms with Crippen LogP contribution in [-0.4, -0.2) is 17.0 Å². The lowest BCUT2D eigenvalue weighted by Gasteiger charge is -2.10. The molecule has 0 heterocycles. The van der Waals surface area contributed by atoms with Crippen molar-refractivity contribution < 1.29 is 14.7 Å². The molecule has 108 valence electrons. The number of aryl methyl sites for hydroxylation is 1. The SMILES string of the molecule is CCc1ccc(C(=O)Nc2c(Br)cccc2C(=O)O)cc1. The number of carbonyl (C=O) groups excluding carboxylic acids is 1. The van der Waals surface area contributed by atoms with Gasteiger partial charge in [-0.2, -0.15) is 0 Å². The van der Waals surface area contributed by atoms with Gasteiger partial charge in [-0.25, -0.2) is 4.79 Å². The summed E-state index contributed by atoms with van der Waals surface area (Å²) >= 11 is 3.26. The Morgan fingerprint density at radius 1 is 1.14 bits per heavy atom. The highest BCUT2D eigenvalue weighted by molar-refractivity contribution is 9.10. The van der Waals surface area contributed by atoms with E-state index in [0.29, 0.717) is 10.0 Å². The lowest BCUT2D eigenvalue weighted by Crippen LogP contribution is -2.15. The third-order valence-corrected chi connectivity index (χ3v) is 3.77. The lowest BCUT2D eigenvalue weighted by molar-refractivity contribution is 0.0698. The minimum atomic E-state index is -1.09. The van der Waals surface area contributed by atoms with Crippen LogP contribution in [0, 0.1) is 0 Å². The average molecular weight is 348 g/mol. The van der Waals surface area contributed by atoms with E-state index in [0.717, 1.165) is 12.0 Å². The summed E-state index contributed by atoms with van der Waals surface area (Å²) in [5, 5.41) is 11.8. The van der Waals surface area contributed by atoms with Crippen molar-refractivity contribution in [3.05, 3.63) is 63.6 Å². The molecule has 0 fully saturated rings. The van der Waals surface area contributed by atoms with Crippen molar-refractivity contribution in [2.24, 2.45) is 0 Å². The Labute approximate surface area is 130 Å². The Bertz CT molecular complexity index is 680. The standard InChI is InChI=1S/C16H14BrNO3/c1-2-10-6-8-11(9-7-10)15(19)18-14-12(16(20)21)4-3-5-13(14)17/h3-9H,2H2,1H3,(H,18,19)(H,20,21). The average Bonchev–Trinajstić information content (AvgIpc) is 2.49. The molecule has 0 aromatic heterocycles. The molecule has 0 bridgehead atoms. The maximum atomic E-state index is 12.2. The van der Waals surface area contributed by atoms with E-state index in [9.17, 15) is 9.59 Å². The minimum absolute atomic E-state index is 0.0444. The number of amides is 1. The molecule has 0 saturated carbocycles. The molecule has 21 heavy (non-hydrogen) atoms. The second kappa shape index (κ2) is 6.54. The van der Waals surface area contributed by atoms with Gasteiger partial charge in [-0.05, 0) is 52.2 Å². The smallest absolute Gasteiger partial charge is 0.337 e. The van der Waals surface area contributed by atoms with E-state index in [-0.39, 0.29) is 17.2 Å². The van der Waals surface area contributed by atoms with Crippen molar-refractivity contribution in [1.82, 2.24) is 0 Å². The molecular formula is C16H14BrNO3. The zero-order chi connectivity index (χ0) is 15.4. The largest absolute Gasteiger partial charge is 0.478 e. The van der Waals surface area contributed by atoms with Crippen LogP contribution < -0.4 is 5.32 Å². The number of carbonyl (C=O) groups is 2. The van der Waals surface area contributed by atoms with Crippen LogP contribution in [0.3, 0.4) is 0 Å². The van der Waals surface area contributed by atoms with Crippen LogP contribution >= 0.6 is 15.9 Å². The van der Waals surface area contributed by atoms with Gasteiger partial charge < -0.3 is 10.4 Å². The lowest BCUT2D eigenvalue weighted by atomic mass is 10.1. The van der Waals surface area contributed by atoms with Gasteiger partial charge in [-0.1, -0.05) is 25.1 Å². The molecule has 2 aromatic rings. The number of carboxylic acids is 1. The first-order valence-electron chi connectivity index (χ1n) is 6.45. The number of aromatic carboxylic acids is 1. The second-order valence-corrected chi connectivity index (χ2v) is 5.33. The van der Waals surface area contributed by atoms with E-state index in [4.69, 9.17) is 5.11 Å². The topological polar surface area (TPSA) is 66.4 Å². The van der Waals surface area contributed by atoms with Gasteiger partial charge in [0.15, 0.2) is 0 Å². The summed E-state index contributed by atoms with van der Waals surface area (Å²) in [6, 6.07) is 12.0. The molecule has 0 aliphatic carbocycles. The summed E-state index contributed by atoms with van der Waals surface area (Å²) in [7, 11) is 0. The zero-order valence-corrected chi connectivity index (χ0v) is 13.0. The maximum absolute atomic E-state index is 12.2. The summed E-state index contributed by atoms with van der Waals surface area (Å²) in [4.78, 5) is 23.4. The monoisotopic (exact) mass is 347 g/mol. The number of nitrogens with one attached hydrogen (secondary N) is 1. The number of hydrogen-bond acceptors (Lipinski definition) is 2. The van der Waals surface area contributed by atoms with Crippen molar-refractivity contribution in [2.75, 3.05) is 5.32 Å². The highest BCUT2D eigenvalue weighted by Crippen LogP contribution is 2.27. The third-order valence-electron chi connectivity index (χ3n) is 3.11. The van der Waals surface area contributed by atoms with Gasteiger partial charge in [-0.3, -0.25) is 4.79 Å². The Morgan fingerprint density at radius 2 is 1.81 bits per heavy atom. The van der Waals surface area contributed by atoms with Crippen molar-refractivity contribution >= 4 is 33.5 Å². The van der Waals surface area contributed by atoms with E-state index in [1.165, 1.54) is 6.07 Å². The molecule has 2 N–H and O–H groups in total. The van der Waals surface area contributed by atoms with E-state index in [2.05, 4.69) is 21.2 Å². The summed E-state index contributed by atoms with van der Waals surface area (Å²) in [6.07, 6.45) is 0.898. The maximum Gasteiger partial charge on any atom is 0.337 e. The van der Waals surface area contributed by atoms with Gasteiger partial charge in [0.2, 0.25) is 0 Å². The number of halogens is 1. The highest BCUT2D eigenvalue weighted by atomic mass is 79.9. The quantitative estimate of drug-likeness (QED) is 0.879. The number of hydrogen-bond donors (Lipinski definition) is 2. The van der Waals surface area contributed by atoms with Crippen LogP contribution in [0.2, 0.25) is 0 Å². The highest BCUT2D eigenvalue weighted by Gasteiger charge is 2.16. The predicted octanol–water partition coefficient (Wildman–Crippen LogP) is 3.96. The summed E-state index contributed by atoms with van der Waals surface area (Å²) < 4.78 is 0.529. The Kier molecular flexibility index (Phi) is 4.75. The molecule has 0 aliphatic heterocycles. The van der Waals surface area contributed by atoms with Gasteiger partial charge in [0.25, 0.3) is 5.91 Å². The van der Waals surface area contributed by atoms with Crippen molar-refractivity contribution in [3.63, 3.8) is 0 Å². The van der Waals surface area contributed by atoms with Crippen LogP contribution in [0.15, 0.2) is 46.9 Å². The van der Waals surface area contributed by atoms with Crippen LogP contribution in [0.5, 0.6) is 0 Å². The van der Waals surface area contributed by atoms with Crippen LogP contribution in [0.1, 0.15) is 33.2 Å². The Hall–Kier alpha value is -2.14. The summed E-state index contributed by atoms with van der Waals surface area (Å²) in [5.74, 6) is -1.43. The molecule has 0 unspecified atom stereocenters. The number of para-hydroxylation sites is 1. The molecule has 1 amide bonds. The van der Waals surface area contributed by atoms with Gasteiger partial charge in [0, 0.05) is 10.0 Å². The number of benzene rings is 2. The molecule has 0 saturated heterocycles. The normalized spacial score (nSPS) is 10.2. The van der Waals surface area contributed by atoms with Gasteiger partial charge in [0.05, 0.1) is 11.3 Å². The van der Waals surface area contributed by atoms with Gasteiger partial charge in [-0.15, -0.1) is 0 Å². The number of carboxylic acid groups (broad SMARTS) is 1. The first kappa shape index (κ1) is 15.3. The molecule has 0 atom stereocenters. The first-order valence-corrected chi connectivity index (χ1v) is 7.24. The predicted molar refractivity (Wildman–Crippen MR) is 84.9 cm³/mol. The van der Waals surface area contributed by atoms with E-state index >= 15 is 0 Å². The fourth-order valence-electron chi connectivity index (χ4n) is 1.91. The van der Waals surface area contributed by atoms with Crippen molar-refractivity contribution in [1.29, 1.82) is 0 Å². The molecular weight excluding hydrogens is 334 g/mol. The number of anilines is 1. The van der Waals surface area contributed by atoms with Crippen molar-refractivity contribution in [2.45, 2.75) is 13.3 Å². The molecule has 5 heteroatoms. The molecule has 0 radical (unpaired) electrons. The second-order valence-electron chi connectivity index (χ2n) is 4.47. The van der Waals surface area contributed by atoms with Crippen LogP contribution in [0.25, 0.3) is 0 Å². The van der Waals surface area contributed by atoms with Crippen LogP contribution in [-0.2, 0) is 6.42 Å². The van der Waals surface area contributed by atoms with Gasteiger partial charge >= 0.3 is 5.97 Å². The first-order chi connectivity index (χ1) is 10.0. The van der Waals surface area contributed by atoms with E-state index < -0.39 is 5.97 Å². The van der Waals surface area contributed by atoms with E-state index in [1.807, 2.05) is 19.1 Å². The Balaban J connectivity index is 2.29. The zero-order valence-electron chi connectivity index (χ0n) is 11.4. The van der Waals surface area contributed by atoms with E-state index in [1.54, 1.807) is 24.3 Å². The molecule has 0 spiro atoms. The minimum Gasteiger partial charge on any atom is -0.478 e. The molecule has 2 rings (SSSR count). The summed E-state index contributed by atoms with van der Waals surface area (Å²) in [5.41, 5.74) is 1.93. The Morgan fingerprint density at radius 3 is 2.38 bits per heavy atom.